The lowest BCUT2D eigenvalue weighted by atomic mass is 9.79. The second-order valence-corrected chi connectivity index (χ2v) is 11.7. The normalized spacial score (nSPS) is 32.6. The van der Waals surface area contributed by atoms with Crippen molar-refractivity contribution in [1.82, 2.24) is 9.88 Å². The van der Waals surface area contributed by atoms with E-state index in [0.717, 1.165) is 24.8 Å². The highest BCUT2D eigenvalue weighted by atomic mass is 32.2. The standard InChI is InChI=1S/C27H42N2O6S/c1-17-7-6-8-20-21(29(20)11-12-30)14-23(18(2)13-19-16-34-26(28-19)36-5)35-25(33)9-10-27(3,4)24(32)15-22(17)31/h13,16-17,20-23,30-31H,6-12,14-15H2,1-5H3/b18-13+/t17-,20?,21?,22?,23?,29?/m0/s1. The number of ketones is 1. The molecule has 2 fully saturated rings. The smallest absolute Gasteiger partial charge is 0.306 e. The minimum atomic E-state index is -0.717. The van der Waals surface area contributed by atoms with Gasteiger partial charge in [-0.3, -0.25) is 14.5 Å². The molecule has 2 aliphatic rings. The average molecular weight is 523 g/mol. The van der Waals surface area contributed by atoms with Crippen LogP contribution in [0.2, 0.25) is 0 Å². The number of hydrogen-bond acceptors (Lipinski definition) is 9. The molecule has 3 heterocycles. The Balaban J connectivity index is 1.82. The van der Waals surface area contributed by atoms with Gasteiger partial charge in [0.25, 0.3) is 5.22 Å². The van der Waals surface area contributed by atoms with Crippen molar-refractivity contribution in [3.05, 3.63) is 17.5 Å². The van der Waals surface area contributed by atoms with Crippen molar-refractivity contribution in [2.24, 2.45) is 11.3 Å². The Bertz CT molecular complexity index is 929. The van der Waals surface area contributed by atoms with E-state index in [0.29, 0.717) is 36.3 Å². The highest BCUT2D eigenvalue weighted by Crippen LogP contribution is 2.38. The number of Topliss-reactive ketones (excluding diaryl/α,β-unsaturated/α-hetero) is 1. The molecule has 1 aromatic heterocycles. The molecule has 8 nitrogen and oxygen atoms in total. The minimum Gasteiger partial charge on any atom is -0.458 e. The molecule has 0 amide bonds. The molecule has 5 unspecified atom stereocenters. The van der Waals surface area contributed by atoms with Gasteiger partial charge in [0.05, 0.1) is 12.7 Å². The maximum atomic E-state index is 12.9. The maximum absolute atomic E-state index is 12.9. The van der Waals surface area contributed by atoms with Gasteiger partial charge in [0.1, 0.15) is 23.8 Å². The van der Waals surface area contributed by atoms with E-state index in [1.54, 1.807) is 6.26 Å². The van der Waals surface area contributed by atoms with Gasteiger partial charge in [-0.15, -0.1) is 0 Å². The summed E-state index contributed by atoms with van der Waals surface area (Å²) in [6.07, 6.45) is 8.19. The lowest BCUT2D eigenvalue weighted by Crippen LogP contribution is -2.32. The fourth-order valence-electron chi connectivity index (χ4n) is 5.07. The van der Waals surface area contributed by atoms with E-state index in [1.165, 1.54) is 11.8 Å². The molecule has 3 rings (SSSR count). The van der Waals surface area contributed by atoms with Crippen molar-refractivity contribution in [3.63, 3.8) is 0 Å². The first-order valence-electron chi connectivity index (χ1n) is 13.0. The number of hydrogen-bond donors (Lipinski definition) is 2. The van der Waals surface area contributed by atoms with Crippen molar-refractivity contribution >= 4 is 29.6 Å². The molecule has 2 aliphatic heterocycles. The van der Waals surface area contributed by atoms with Gasteiger partial charge in [-0.1, -0.05) is 39.0 Å². The highest BCUT2D eigenvalue weighted by molar-refractivity contribution is 7.98. The summed E-state index contributed by atoms with van der Waals surface area (Å²) in [6, 6.07) is 0.516. The highest BCUT2D eigenvalue weighted by Gasteiger charge is 2.47. The van der Waals surface area contributed by atoms with Crippen molar-refractivity contribution in [2.45, 2.75) is 102 Å². The summed E-state index contributed by atoms with van der Waals surface area (Å²) < 4.78 is 11.4. The number of β-amino-alcohol motifs (C(OH)–C–C–N with tert-alkyl or cyclic N) is 1. The van der Waals surface area contributed by atoms with Gasteiger partial charge in [0, 0.05) is 43.3 Å². The molecule has 9 heteroatoms. The quantitative estimate of drug-likeness (QED) is 0.335. The first-order valence-corrected chi connectivity index (χ1v) is 14.2. The molecule has 0 saturated carbocycles. The summed E-state index contributed by atoms with van der Waals surface area (Å²) in [5.74, 6) is -0.343. The summed E-state index contributed by atoms with van der Waals surface area (Å²) in [5.41, 5.74) is 0.844. The molecular formula is C27H42N2O6S. The minimum absolute atomic E-state index is 0.0256. The van der Waals surface area contributed by atoms with Crippen molar-refractivity contribution < 1.29 is 29.0 Å². The Morgan fingerprint density at radius 3 is 2.72 bits per heavy atom. The molecule has 2 N–H and O–H groups in total. The Hall–Kier alpha value is -1.68. The molecule has 6 atom stereocenters. The van der Waals surface area contributed by atoms with E-state index in [4.69, 9.17) is 9.15 Å². The third-order valence-electron chi connectivity index (χ3n) is 7.77. The number of esters is 1. The summed E-state index contributed by atoms with van der Waals surface area (Å²) >= 11 is 1.42. The first kappa shape index (κ1) is 28.9. The van der Waals surface area contributed by atoms with Gasteiger partial charge in [-0.25, -0.2) is 4.98 Å². The van der Waals surface area contributed by atoms with Crippen molar-refractivity contribution in [3.8, 4) is 0 Å². The maximum Gasteiger partial charge on any atom is 0.306 e. The molecule has 0 aromatic carbocycles. The molecule has 202 valence electrons. The number of aliphatic hydroxyl groups is 2. The number of oxazole rings is 1. The summed E-state index contributed by atoms with van der Waals surface area (Å²) in [5, 5.41) is 20.8. The van der Waals surface area contributed by atoms with Crippen LogP contribution in [0.5, 0.6) is 0 Å². The molecule has 36 heavy (non-hydrogen) atoms. The van der Waals surface area contributed by atoms with Crippen LogP contribution in [0.15, 0.2) is 21.5 Å². The molecule has 0 aliphatic carbocycles. The Kier molecular flexibility index (Phi) is 10.2. The Labute approximate surface area is 218 Å². The molecule has 0 spiro atoms. The molecule has 2 saturated heterocycles. The third-order valence-corrected chi connectivity index (χ3v) is 8.31. The molecule has 0 bridgehead atoms. The van der Waals surface area contributed by atoms with Crippen LogP contribution in [0.3, 0.4) is 0 Å². The summed E-state index contributed by atoms with van der Waals surface area (Å²) in [4.78, 5) is 32.5. The Morgan fingerprint density at radius 2 is 2.06 bits per heavy atom. The fourth-order valence-corrected chi connectivity index (χ4v) is 5.41. The van der Waals surface area contributed by atoms with Crippen LogP contribution >= 0.6 is 11.8 Å². The molecule has 0 radical (unpaired) electrons. The van der Waals surface area contributed by atoms with Gasteiger partial charge >= 0.3 is 5.97 Å². The number of fused-ring (bicyclic) bond motifs is 1. The Morgan fingerprint density at radius 1 is 1.31 bits per heavy atom. The average Bonchev–Trinajstić information content (AvgIpc) is 3.24. The topological polar surface area (TPSA) is 113 Å². The van der Waals surface area contributed by atoms with Crippen LogP contribution in [0.4, 0.5) is 0 Å². The van der Waals surface area contributed by atoms with Crippen LogP contribution in [-0.4, -0.2) is 75.5 Å². The number of ether oxygens (including phenoxy) is 1. The predicted molar refractivity (Wildman–Crippen MR) is 139 cm³/mol. The lowest BCUT2D eigenvalue weighted by molar-refractivity contribution is -0.148. The first-order chi connectivity index (χ1) is 17.1. The number of aliphatic hydroxyl groups excluding tert-OH is 2. The van der Waals surface area contributed by atoms with Gasteiger partial charge in [-0.05, 0) is 50.0 Å². The number of carbonyl (C=O) groups excluding carboxylic acids is 2. The lowest BCUT2D eigenvalue weighted by Gasteiger charge is -2.27. The largest absolute Gasteiger partial charge is 0.458 e. The van der Waals surface area contributed by atoms with Crippen LogP contribution in [0, 0.1) is 11.3 Å². The van der Waals surface area contributed by atoms with Gasteiger partial charge in [0.2, 0.25) is 0 Å². The van der Waals surface area contributed by atoms with E-state index in [-0.39, 0.29) is 43.2 Å². The number of rotatable bonds is 5. The number of carbonyl (C=O) groups is 2. The molecule has 1 aromatic rings. The summed E-state index contributed by atoms with van der Waals surface area (Å²) in [7, 11) is 0. The molecular weight excluding hydrogens is 480 g/mol. The third kappa shape index (κ3) is 7.66. The number of nitrogens with zero attached hydrogens (tertiary/aromatic N) is 2. The number of aromatic nitrogens is 1. The van der Waals surface area contributed by atoms with E-state index in [9.17, 15) is 19.8 Å². The second kappa shape index (κ2) is 12.7. The zero-order valence-corrected chi connectivity index (χ0v) is 23.1. The zero-order valence-electron chi connectivity index (χ0n) is 22.2. The van der Waals surface area contributed by atoms with Crippen LogP contribution in [-0.2, 0) is 14.3 Å². The van der Waals surface area contributed by atoms with Crippen molar-refractivity contribution in [2.75, 3.05) is 19.4 Å². The van der Waals surface area contributed by atoms with E-state index in [2.05, 4.69) is 9.88 Å². The van der Waals surface area contributed by atoms with Crippen LogP contribution in [0.1, 0.15) is 78.3 Å². The number of cyclic esters (lactones) is 1. The van der Waals surface area contributed by atoms with E-state index in [1.807, 2.05) is 40.0 Å². The van der Waals surface area contributed by atoms with Gasteiger partial charge in [-0.2, -0.15) is 0 Å². The van der Waals surface area contributed by atoms with E-state index < -0.39 is 17.6 Å². The van der Waals surface area contributed by atoms with E-state index >= 15 is 0 Å². The monoisotopic (exact) mass is 522 g/mol. The van der Waals surface area contributed by atoms with Gasteiger partial charge in [0.15, 0.2) is 0 Å². The zero-order chi connectivity index (χ0) is 26.5. The summed E-state index contributed by atoms with van der Waals surface area (Å²) in [6.45, 7) is 8.27. The predicted octanol–water partition coefficient (Wildman–Crippen LogP) is 4.09. The van der Waals surface area contributed by atoms with Gasteiger partial charge < -0.3 is 19.4 Å². The SMILES string of the molecule is CSc1nc(/C=C(\C)C2CC3C(CCC[C@H](C)C(O)CC(=O)C(C)(C)CCC(=O)O2)N3CCO)co1. The second-order valence-electron chi connectivity index (χ2n) is 10.9. The fraction of sp³-hybridized carbons (Fsp3) is 0.741. The number of thioether (sulfide) groups is 1. The van der Waals surface area contributed by atoms with Crippen LogP contribution < -0.4 is 0 Å². The van der Waals surface area contributed by atoms with Crippen LogP contribution in [0.25, 0.3) is 6.08 Å². The van der Waals surface area contributed by atoms with Crippen molar-refractivity contribution in [1.29, 1.82) is 0 Å².